The van der Waals surface area contributed by atoms with Gasteiger partial charge in [-0.2, -0.15) is 0 Å². The van der Waals surface area contributed by atoms with Gasteiger partial charge in [0.1, 0.15) is 0 Å². The quantitative estimate of drug-likeness (QED) is 0.154. The van der Waals surface area contributed by atoms with Gasteiger partial charge >= 0.3 is 0 Å². The lowest BCUT2D eigenvalue weighted by atomic mass is 10.0. The van der Waals surface area contributed by atoms with Crippen LogP contribution in [0.3, 0.4) is 0 Å². The molecule has 0 aliphatic carbocycles. The molecule has 11 nitrogen and oxygen atoms in total. The van der Waals surface area contributed by atoms with Crippen LogP contribution in [0.5, 0.6) is 0 Å². The van der Waals surface area contributed by atoms with Crippen molar-refractivity contribution in [1.29, 1.82) is 0 Å². The first-order chi connectivity index (χ1) is 17.4. The fourth-order valence-electron chi connectivity index (χ4n) is 3.71. The Kier molecular flexibility index (Phi) is 7.39. The average Bonchev–Trinajstić information content (AvgIpc) is 3.54. The Labute approximate surface area is 205 Å². The number of nitrogens with zero attached hydrogens (tertiary/aromatic N) is 2. The van der Waals surface area contributed by atoms with Crippen molar-refractivity contribution in [2.45, 2.75) is 12.8 Å². The summed E-state index contributed by atoms with van der Waals surface area (Å²) in [5.74, 6) is -0.0573. The molecule has 0 aliphatic heterocycles. The van der Waals surface area contributed by atoms with E-state index in [-0.39, 0.29) is 28.7 Å². The molecule has 0 saturated carbocycles. The maximum Gasteiger partial charge on any atom is 0.271 e. The Morgan fingerprint density at radius 1 is 0.722 bits per heavy atom. The van der Waals surface area contributed by atoms with Crippen LogP contribution < -0.4 is 10.6 Å². The first kappa shape index (κ1) is 24.2. The molecule has 2 aromatic carbocycles. The molecule has 0 amide bonds. The lowest BCUT2D eigenvalue weighted by molar-refractivity contribution is -0.385. The second kappa shape index (κ2) is 11.0. The standard InChI is InChI=1S/C25H22N4O7/c30-23(24-17(9-13-35-24)7-11-26-19-3-1-5-21(15-19)28(31)32)25-18(10-14-36-25)8-12-27-20-4-2-6-22(16-20)29(33)34/h1-6,9-10,13-16,26-27H,7-8,11-12H2. The van der Waals surface area contributed by atoms with Crippen molar-refractivity contribution in [1.82, 2.24) is 0 Å². The third-order valence-corrected chi connectivity index (χ3v) is 5.47. The highest BCUT2D eigenvalue weighted by Crippen LogP contribution is 2.22. The van der Waals surface area contributed by atoms with Crippen molar-refractivity contribution in [3.63, 3.8) is 0 Å². The summed E-state index contributed by atoms with van der Waals surface area (Å²) in [4.78, 5) is 34.1. The van der Waals surface area contributed by atoms with Crippen LogP contribution in [0, 0.1) is 20.2 Å². The minimum atomic E-state index is -0.460. The number of carbonyl (C=O) groups is 1. The van der Waals surface area contributed by atoms with Crippen molar-refractivity contribution < 1.29 is 23.5 Å². The van der Waals surface area contributed by atoms with E-state index in [0.717, 1.165) is 0 Å². The van der Waals surface area contributed by atoms with Crippen LogP contribution in [0.15, 0.2) is 82.0 Å². The molecule has 2 N–H and O–H groups in total. The minimum absolute atomic E-state index is 0.00972. The highest BCUT2D eigenvalue weighted by Gasteiger charge is 2.23. The van der Waals surface area contributed by atoms with E-state index < -0.39 is 9.85 Å². The van der Waals surface area contributed by atoms with Crippen molar-refractivity contribution in [2.24, 2.45) is 0 Å². The topological polar surface area (TPSA) is 154 Å². The molecule has 0 fully saturated rings. The Balaban J connectivity index is 1.36. The zero-order valence-corrected chi connectivity index (χ0v) is 19.0. The number of rotatable bonds is 12. The van der Waals surface area contributed by atoms with E-state index in [1.165, 1.54) is 36.8 Å². The number of hydrogen-bond acceptors (Lipinski definition) is 9. The van der Waals surface area contributed by atoms with E-state index in [1.807, 2.05) is 0 Å². The molecule has 4 aromatic rings. The van der Waals surface area contributed by atoms with Gasteiger partial charge in [0.25, 0.3) is 17.2 Å². The first-order valence-electron chi connectivity index (χ1n) is 11.1. The smallest absolute Gasteiger partial charge is 0.271 e. The van der Waals surface area contributed by atoms with Gasteiger partial charge in [-0.3, -0.25) is 25.0 Å². The predicted octanol–water partition coefficient (Wildman–Crippen LogP) is 5.23. The molecular weight excluding hydrogens is 468 g/mol. The van der Waals surface area contributed by atoms with Gasteiger partial charge in [0.05, 0.1) is 22.4 Å². The van der Waals surface area contributed by atoms with Crippen LogP contribution in [0.4, 0.5) is 22.7 Å². The van der Waals surface area contributed by atoms with Gasteiger partial charge in [0, 0.05) is 59.9 Å². The number of hydrogen-bond donors (Lipinski definition) is 2. The summed E-state index contributed by atoms with van der Waals surface area (Å²) in [6.45, 7) is 0.859. The van der Waals surface area contributed by atoms with Gasteiger partial charge in [0.2, 0.25) is 0 Å². The fourth-order valence-corrected chi connectivity index (χ4v) is 3.71. The highest BCUT2D eigenvalue weighted by atomic mass is 16.6. The number of anilines is 2. The lowest BCUT2D eigenvalue weighted by Crippen LogP contribution is -2.11. The summed E-state index contributed by atoms with van der Waals surface area (Å²) in [7, 11) is 0. The van der Waals surface area contributed by atoms with E-state index in [9.17, 15) is 25.0 Å². The molecule has 2 aromatic heterocycles. The molecule has 0 bridgehead atoms. The Hall–Kier alpha value is -4.93. The average molecular weight is 490 g/mol. The molecule has 0 aliphatic rings. The summed E-state index contributed by atoms with van der Waals surface area (Å²) in [5, 5.41) is 28.1. The minimum Gasteiger partial charge on any atom is -0.460 e. The Morgan fingerprint density at radius 3 is 1.58 bits per heavy atom. The number of non-ortho nitro benzene ring substituents is 2. The summed E-state index contributed by atoms with van der Waals surface area (Å²) >= 11 is 0. The van der Waals surface area contributed by atoms with Crippen molar-refractivity contribution >= 4 is 28.5 Å². The molecule has 2 heterocycles. The number of furan rings is 2. The van der Waals surface area contributed by atoms with Gasteiger partial charge in [-0.1, -0.05) is 12.1 Å². The van der Waals surface area contributed by atoms with Crippen LogP contribution in [0.25, 0.3) is 0 Å². The van der Waals surface area contributed by atoms with Gasteiger partial charge < -0.3 is 19.5 Å². The normalized spacial score (nSPS) is 10.7. The molecule has 4 rings (SSSR count). The maximum absolute atomic E-state index is 13.1. The van der Waals surface area contributed by atoms with E-state index >= 15 is 0 Å². The summed E-state index contributed by atoms with van der Waals surface area (Å²) < 4.78 is 10.9. The number of ketones is 1. The van der Waals surface area contributed by atoms with Crippen LogP contribution in [-0.4, -0.2) is 28.7 Å². The molecule has 36 heavy (non-hydrogen) atoms. The second-order valence-electron chi connectivity index (χ2n) is 7.85. The second-order valence-corrected chi connectivity index (χ2v) is 7.85. The van der Waals surface area contributed by atoms with Crippen molar-refractivity contribution in [2.75, 3.05) is 23.7 Å². The Bertz CT molecular complexity index is 1290. The van der Waals surface area contributed by atoms with Gasteiger partial charge in [-0.25, -0.2) is 0 Å². The van der Waals surface area contributed by atoms with Gasteiger partial charge in [0.15, 0.2) is 11.5 Å². The first-order valence-corrected chi connectivity index (χ1v) is 11.1. The molecule has 184 valence electrons. The van der Waals surface area contributed by atoms with Gasteiger partial charge in [-0.05, 0) is 37.1 Å². The number of carbonyl (C=O) groups excluding carboxylic acids is 1. The summed E-state index contributed by atoms with van der Waals surface area (Å²) in [5.41, 5.74) is 2.54. The van der Waals surface area contributed by atoms with E-state index in [1.54, 1.807) is 36.4 Å². The molecule has 11 heteroatoms. The third kappa shape index (κ3) is 5.76. The van der Waals surface area contributed by atoms with Crippen LogP contribution >= 0.6 is 0 Å². The Morgan fingerprint density at radius 2 is 1.17 bits per heavy atom. The summed E-state index contributed by atoms with van der Waals surface area (Å²) in [6.07, 6.45) is 3.76. The fraction of sp³-hybridized carbons (Fsp3) is 0.160. The molecular formula is C25H22N4O7. The molecule has 0 unspecified atom stereocenters. The third-order valence-electron chi connectivity index (χ3n) is 5.47. The SMILES string of the molecule is O=C(c1occc1CCNc1cccc([N+](=O)[O-])c1)c1occc1CCNc1cccc([N+](=O)[O-])c1. The zero-order chi connectivity index (χ0) is 25.5. The number of nitro groups is 2. The van der Waals surface area contributed by atoms with Crippen LogP contribution in [0.2, 0.25) is 0 Å². The molecule has 0 atom stereocenters. The van der Waals surface area contributed by atoms with Crippen LogP contribution in [0.1, 0.15) is 27.4 Å². The molecule has 0 spiro atoms. The number of nitro benzene ring substituents is 2. The summed E-state index contributed by atoms with van der Waals surface area (Å²) in [6, 6.07) is 15.8. The predicted molar refractivity (Wildman–Crippen MR) is 131 cm³/mol. The molecule has 0 saturated heterocycles. The highest BCUT2D eigenvalue weighted by molar-refractivity contribution is 6.07. The molecule has 0 radical (unpaired) electrons. The largest absolute Gasteiger partial charge is 0.460 e. The van der Waals surface area contributed by atoms with E-state index in [2.05, 4.69) is 10.6 Å². The monoisotopic (exact) mass is 490 g/mol. The van der Waals surface area contributed by atoms with Crippen molar-refractivity contribution in [3.8, 4) is 0 Å². The van der Waals surface area contributed by atoms with Crippen LogP contribution in [-0.2, 0) is 12.8 Å². The van der Waals surface area contributed by atoms with E-state index in [4.69, 9.17) is 8.83 Å². The zero-order valence-electron chi connectivity index (χ0n) is 19.0. The number of benzene rings is 2. The van der Waals surface area contributed by atoms with E-state index in [0.29, 0.717) is 48.4 Å². The van der Waals surface area contributed by atoms with Crippen molar-refractivity contribution in [3.05, 3.63) is 116 Å². The van der Waals surface area contributed by atoms with Gasteiger partial charge in [-0.15, -0.1) is 0 Å². The lowest BCUT2D eigenvalue weighted by Gasteiger charge is -2.07. The number of nitrogens with one attached hydrogen (secondary N) is 2. The maximum atomic E-state index is 13.1.